The van der Waals surface area contributed by atoms with Crippen LogP contribution in [0.4, 0.5) is 0 Å². The summed E-state index contributed by atoms with van der Waals surface area (Å²) in [7, 11) is -1.55. The van der Waals surface area contributed by atoms with Crippen molar-refractivity contribution in [3.8, 4) is 0 Å². The fraction of sp³-hybridized carbons (Fsp3) is 0.625. The van der Waals surface area contributed by atoms with Crippen LogP contribution in [0.2, 0.25) is 13.1 Å². The summed E-state index contributed by atoms with van der Waals surface area (Å²) in [6.07, 6.45) is 8.64. The maximum atomic E-state index is 6.50. The van der Waals surface area contributed by atoms with Gasteiger partial charge in [0.15, 0.2) is 8.32 Å². The molecule has 18 heavy (non-hydrogen) atoms. The smallest absolute Gasteiger partial charge is 0.191 e. The van der Waals surface area contributed by atoms with E-state index < -0.39 is 8.32 Å². The third-order valence-electron chi connectivity index (χ3n) is 3.76. The molecular formula is C16H26OSi. The first kappa shape index (κ1) is 13.8. The van der Waals surface area contributed by atoms with Crippen molar-refractivity contribution in [2.45, 2.75) is 63.8 Å². The fourth-order valence-electron chi connectivity index (χ4n) is 2.94. The van der Waals surface area contributed by atoms with E-state index in [1.807, 2.05) is 0 Å². The summed E-state index contributed by atoms with van der Waals surface area (Å²) in [6, 6.07) is 11.9. The van der Waals surface area contributed by atoms with Gasteiger partial charge in [-0.2, -0.15) is 0 Å². The molecular weight excluding hydrogens is 236 g/mol. The minimum absolute atomic E-state index is 0.540. The molecule has 0 spiro atoms. The van der Waals surface area contributed by atoms with Crippen LogP contribution in [0.25, 0.3) is 0 Å². The Balaban J connectivity index is 1.89. The van der Waals surface area contributed by atoms with Gasteiger partial charge in [0.05, 0.1) is 0 Å². The zero-order valence-electron chi connectivity index (χ0n) is 11.8. The minimum Gasteiger partial charge on any atom is -0.414 e. The van der Waals surface area contributed by atoms with Crippen molar-refractivity contribution in [1.29, 1.82) is 0 Å². The highest BCUT2D eigenvalue weighted by Gasteiger charge is 2.27. The van der Waals surface area contributed by atoms with Gasteiger partial charge in [0, 0.05) is 6.10 Å². The topological polar surface area (TPSA) is 9.23 Å². The Hall–Kier alpha value is -0.603. The Kier molecular flexibility index (Phi) is 5.01. The molecule has 2 heteroatoms. The van der Waals surface area contributed by atoms with E-state index in [9.17, 15) is 0 Å². The summed E-state index contributed by atoms with van der Waals surface area (Å²) < 4.78 is 6.50. The van der Waals surface area contributed by atoms with Gasteiger partial charge in [-0.3, -0.25) is 0 Å². The molecule has 100 valence electrons. The summed E-state index contributed by atoms with van der Waals surface area (Å²) in [5.41, 5.74) is 1.43. The number of rotatable bonds is 4. The highest BCUT2D eigenvalue weighted by molar-refractivity contribution is 6.70. The molecule has 1 aromatic carbocycles. The molecule has 0 bridgehead atoms. The first-order valence-electron chi connectivity index (χ1n) is 7.37. The quantitative estimate of drug-likeness (QED) is 0.564. The van der Waals surface area contributed by atoms with Crippen LogP contribution in [0.15, 0.2) is 30.3 Å². The predicted octanol–water partition coefficient (Wildman–Crippen LogP) is 4.71. The first-order chi connectivity index (χ1) is 8.66. The number of benzene rings is 1. The summed E-state index contributed by atoms with van der Waals surface area (Å²) in [5, 5.41) is 0. The molecule has 0 atom stereocenters. The molecule has 0 radical (unpaired) electrons. The van der Waals surface area contributed by atoms with Crippen LogP contribution >= 0.6 is 0 Å². The molecule has 1 aliphatic carbocycles. The molecule has 2 rings (SSSR count). The third-order valence-corrected chi connectivity index (χ3v) is 5.99. The lowest BCUT2D eigenvalue weighted by atomic mass is 10.2. The van der Waals surface area contributed by atoms with Crippen molar-refractivity contribution in [1.82, 2.24) is 0 Å². The van der Waals surface area contributed by atoms with Crippen LogP contribution < -0.4 is 0 Å². The van der Waals surface area contributed by atoms with Gasteiger partial charge >= 0.3 is 0 Å². The zero-order chi connectivity index (χ0) is 12.8. The Labute approximate surface area is 113 Å². The van der Waals surface area contributed by atoms with Crippen molar-refractivity contribution >= 4 is 8.32 Å². The maximum absolute atomic E-state index is 6.50. The van der Waals surface area contributed by atoms with Crippen LogP contribution in [0.5, 0.6) is 0 Å². The van der Waals surface area contributed by atoms with Gasteiger partial charge in [-0.25, -0.2) is 0 Å². The Morgan fingerprint density at radius 2 is 1.61 bits per heavy atom. The van der Waals surface area contributed by atoms with E-state index in [0.29, 0.717) is 6.10 Å². The average molecular weight is 262 g/mol. The molecule has 0 heterocycles. The van der Waals surface area contributed by atoms with Gasteiger partial charge in [-0.15, -0.1) is 0 Å². The molecule has 1 saturated carbocycles. The van der Waals surface area contributed by atoms with E-state index in [2.05, 4.69) is 43.4 Å². The van der Waals surface area contributed by atoms with E-state index in [0.717, 1.165) is 6.04 Å². The summed E-state index contributed by atoms with van der Waals surface area (Å²) >= 11 is 0. The first-order valence-corrected chi connectivity index (χ1v) is 10.5. The van der Waals surface area contributed by atoms with Gasteiger partial charge < -0.3 is 4.43 Å². The van der Waals surface area contributed by atoms with Gasteiger partial charge in [0.1, 0.15) is 0 Å². The molecule has 1 aromatic rings. The van der Waals surface area contributed by atoms with Crippen LogP contribution in [-0.4, -0.2) is 14.4 Å². The highest BCUT2D eigenvalue weighted by Crippen LogP contribution is 2.24. The van der Waals surface area contributed by atoms with Gasteiger partial charge in [0.25, 0.3) is 0 Å². The SMILES string of the molecule is C[Si](C)(Cc1ccccc1)OC1CCCCCC1. The van der Waals surface area contributed by atoms with Gasteiger partial charge in [0.2, 0.25) is 0 Å². The molecule has 0 aliphatic heterocycles. The summed E-state index contributed by atoms with van der Waals surface area (Å²) in [6.45, 7) is 4.73. The molecule has 1 aliphatic rings. The van der Waals surface area contributed by atoms with Crippen molar-refractivity contribution in [3.05, 3.63) is 35.9 Å². The molecule has 1 fully saturated rings. The third kappa shape index (κ3) is 4.58. The molecule has 0 N–H and O–H groups in total. The van der Waals surface area contributed by atoms with Gasteiger partial charge in [-0.05, 0) is 37.5 Å². The van der Waals surface area contributed by atoms with Crippen molar-refractivity contribution < 1.29 is 4.43 Å². The molecule has 1 nitrogen and oxygen atoms in total. The van der Waals surface area contributed by atoms with E-state index in [-0.39, 0.29) is 0 Å². The van der Waals surface area contributed by atoms with Gasteiger partial charge in [-0.1, -0.05) is 56.0 Å². The average Bonchev–Trinajstić information content (AvgIpc) is 2.57. The second-order valence-electron chi connectivity index (χ2n) is 6.15. The second kappa shape index (κ2) is 6.53. The monoisotopic (exact) mass is 262 g/mol. The number of hydrogen-bond acceptors (Lipinski definition) is 1. The zero-order valence-corrected chi connectivity index (χ0v) is 12.8. The summed E-state index contributed by atoms with van der Waals surface area (Å²) in [4.78, 5) is 0. The van der Waals surface area contributed by atoms with Crippen molar-refractivity contribution in [3.63, 3.8) is 0 Å². The van der Waals surface area contributed by atoms with Crippen LogP contribution in [0.3, 0.4) is 0 Å². The highest BCUT2D eigenvalue weighted by atomic mass is 28.4. The molecule has 0 saturated heterocycles. The van der Waals surface area contributed by atoms with Crippen LogP contribution in [0.1, 0.15) is 44.1 Å². The Morgan fingerprint density at radius 3 is 2.22 bits per heavy atom. The Bertz CT molecular complexity index is 339. The lowest BCUT2D eigenvalue weighted by Gasteiger charge is -2.29. The largest absolute Gasteiger partial charge is 0.414 e. The lowest BCUT2D eigenvalue weighted by molar-refractivity contribution is 0.173. The van der Waals surface area contributed by atoms with Crippen LogP contribution in [-0.2, 0) is 10.5 Å². The van der Waals surface area contributed by atoms with E-state index in [1.54, 1.807) is 0 Å². The van der Waals surface area contributed by atoms with E-state index in [4.69, 9.17) is 4.43 Å². The molecule has 0 amide bonds. The summed E-state index contributed by atoms with van der Waals surface area (Å²) in [5.74, 6) is 0. The molecule has 0 aromatic heterocycles. The molecule has 0 unspecified atom stereocenters. The second-order valence-corrected chi connectivity index (χ2v) is 10.3. The standard InChI is InChI=1S/C16H26OSi/c1-18(2,14-15-10-6-5-7-11-15)17-16-12-8-3-4-9-13-16/h5-7,10-11,16H,3-4,8-9,12-14H2,1-2H3. The van der Waals surface area contributed by atoms with Crippen molar-refractivity contribution in [2.24, 2.45) is 0 Å². The maximum Gasteiger partial charge on any atom is 0.191 e. The fourth-order valence-corrected chi connectivity index (χ4v) is 5.38. The van der Waals surface area contributed by atoms with Crippen molar-refractivity contribution in [2.75, 3.05) is 0 Å². The normalized spacial score (nSPS) is 18.6. The number of hydrogen-bond donors (Lipinski definition) is 0. The Morgan fingerprint density at radius 1 is 1.00 bits per heavy atom. The lowest BCUT2D eigenvalue weighted by Crippen LogP contribution is -2.38. The van der Waals surface area contributed by atoms with Crippen LogP contribution in [0, 0.1) is 0 Å². The minimum atomic E-state index is -1.55. The van der Waals surface area contributed by atoms with E-state index >= 15 is 0 Å². The predicted molar refractivity (Wildman–Crippen MR) is 80.2 cm³/mol. The van der Waals surface area contributed by atoms with E-state index in [1.165, 1.54) is 44.1 Å².